The van der Waals surface area contributed by atoms with Gasteiger partial charge < -0.3 is 4.98 Å². The number of nitrogens with zero attached hydrogens (tertiary/aromatic N) is 5. The summed E-state index contributed by atoms with van der Waals surface area (Å²) in [5.74, 6) is 0.625. The van der Waals surface area contributed by atoms with Gasteiger partial charge in [-0.05, 0) is 18.7 Å². The molecule has 0 saturated carbocycles. The molecule has 0 spiro atoms. The smallest absolute Gasteiger partial charge is 0.181 e. The molecule has 0 aromatic carbocycles. The molecule has 8 heteroatoms. The Balaban J connectivity index is 2.03. The van der Waals surface area contributed by atoms with E-state index in [1.165, 1.54) is 18.1 Å². The highest BCUT2D eigenvalue weighted by Gasteiger charge is 2.09. The number of aromatic amines is 1. The molecular formula is C10H7ClN6S. The highest BCUT2D eigenvalue weighted by Crippen LogP contribution is 2.29. The van der Waals surface area contributed by atoms with Crippen molar-refractivity contribution in [3.05, 3.63) is 29.7 Å². The number of hydrogen-bond acceptors (Lipinski definition) is 6. The van der Waals surface area contributed by atoms with Gasteiger partial charge in [-0.3, -0.25) is 0 Å². The van der Waals surface area contributed by atoms with Gasteiger partial charge in [0.15, 0.2) is 5.65 Å². The monoisotopic (exact) mass is 278 g/mol. The van der Waals surface area contributed by atoms with E-state index in [0.29, 0.717) is 16.6 Å². The molecule has 0 radical (unpaired) electrons. The minimum Gasteiger partial charge on any atom is -0.341 e. The SMILES string of the molecule is Cc1nc(Cl)cc(Sc2ncnc3nc[nH]c23)n1. The Labute approximate surface area is 111 Å². The van der Waals surface area contributed by atoms with Crippen molar-refractivity contribution in [3.63, 3.8) is 0 Å². The van der Waals surface area contributed by atoms with Crippen molar-refractivity contribution >= 4 is 34.5 Å². The molecule has 6 nitrogen and oxygen atoms in total. The Morgan fingerprint density at radius 1 is 1.22 bits per heavy atom. The van der Waals surface area contributed by atoms with Crippen LogP contribution in [0.4, 0.5) is 0 Å². The molecular weight excluding hydrogens is 272 g/mol. The average molecular weight is 279 g/mol. The highest BCUT2D eigenvalue weighted by molar-refractivity contribution is 7.99. The van der Waals surface area contributed by atoms with E-state index in [0.717, 1.165) is 15.6 Å². The lowest BCUT2D eigenvalue weighted by Gasteiger charge is -2.02. The summed E-state index contributed by atoms with van der Waals surface area (Å²) >= 11 is 7.29. The van der Waals surface area contributed by atoms with Crippen LogP contribution in [-0.2, 0) is 0 Å². The molecule has 0 aliphatic heterocycles. The Bertz CT molecular complexity index is 692. The summed E-state index contributed by atoms with van der Waals surface area (Å²) in [6.07, 6.45) is 3.06. The summed E-state index contributed by atoms with van der Waals surface area (Å²) in [5, 5.41) is 1.91. The fourth-order valence-electron chi connectivity index (χ4n) is 1.48. The molecule has 1 N–H and O–H groups in total. The third kappa shape index (κ3) is 2.14. The average Bonchev–Trinajstić information content (AvgIpc) is 2.76. The van der Waals surface area contributed by atoms with E-state index < -0.39 is 0 Å². The molecule has 0 bridgehead atoms. The van der Waals surface area contributed by atoms with Gasteiger partial charge in [-0.2, -0.15) is 0 Å². The second kappa shape index (κ2) is 4.51. The summed E-state index contributed by atoms with van der Waals surface area (Å²) in [6, 6.07) is 1.70. The first-order valence-electron chi connectivity index (χ1n) is 5.05. The summed E-state index contributed by atoms with van der Waals surface area (Å²) in [6.45, 7) is 1.79. The topological polar surface area (TPSA) is 80.2 Å². The minimum absolute atomic E-state index is 0.417. The molecule has 3 aromatic rings. The van der Waals surface area contributed by atoms with Crippen molar-refractivity contribution in [2.24, 2.45) is 0 Å². The van der Waals surface area contributed by atoms with E-state index in [4.69, 9.17) is 11.6 Å². The number of H-pyrrole nitrogens is 1. The molecule has 0 aliphatic rings. The lowest BCUT2D eigenvalue weighted by atomic mass is 10.6. The number of fused-ring (bicyclic) bond motifs is 1. The minimum atomic E-state index is 0.417. The second-order valence-electron chi connectivity index (χ2n) is 3.46. The Kier molecular flexibility index (Phi) is 2.85. The summed E-state index contributed by atoms with van der Waals surface area (Å²) in [4.78, 5) is 23.7. The van der Waals surface area contributed by atoms with Gasteiger partial charge in [0.2, 0.25) is 0 Å². The first kappa shape index (κ1) is 11.4. The van der Waals surface area contributed by atoms with Crippen molar-refractivity contribution < 1.29 is 0 Å². The first-order chi connectivity index (χ1) is 8.72. The van der Waals surface area contributed by atoms with Crippen molar-refractivity contribution in [1.29, 1.82) is 0 Å². The number of halogens is 1. The van der Waals surface area contributed by atoms with Crippen molar-refractivity contribution in [1.82, 2.24) is 29.9 Å². The molecule has 90 valence electrons. The number of rotatable bonds is 2. The van der Waals surface area contributed by atoms with Crippen LogP contribution in [0.3, 0.4) is 0 Å². The van der Waals surface area contributed by atoms with Gasteiger partial charge in [0, 0.05) is 6.07 Å². The van der Waals surface area contributed by atoms with Gasteiger partial charge >= 0.3 is 0 Å². The third-order valence-electron chi connectivity index (χ3n) is 2.17. The van der Waals surface area contributed by atoms with E-state index >= 15 is 0 Å². The first-order valence-corrected chi connectivity index (χ1v) is 6.25. The zero-order valence-electron chi connectivity index (χ0n) is 9.25. The number of aryl methyl sites for hydroxylation is 1. The molecule has 0 unspecified atom stereocenters. The van der Waals surface area contributed by atoms with Crippen LogP contribution in [0.25, 0.3) is 11.2 Å². The molecule has 0 fully saturated rings. The van der Waals surface area contributed by atoms with Gasteiger partial charge in [-0.1, -0.05) is 11.6 Å². The zero-order valence-corrected chi connectivity index (χ0v) is 10.8. The van der Waals surface area contributed by atoms with Crippen LogP contribution in [0, 0.1) is 6.92 Å². The van der Waals surface area contributed by atoms with E-state index in [2.05, 4.69) is 29.9 Å². The zero-order chi connectivity index (χ0) is 12.5. The standard InChI is InChI=1S/C10H7ClN6S/c1-5-16-6(11)2-7(17-5)18-10-8-9(13-3-12-8)14-4-15-10/h2-4H,1H3,(H,12,13,14,15). The molecule has 0 atom stereocenters. The number of imidazole rings is 1. The highest BCUT2D eigenvalue weighted by atomic mass is 35.5. The molecule has 0 aliphatic carbocycles. The van der Waals surface area contributed by atoms with Gasteiger partial charge in [0.25, 0.3) is 0 Å². The van der Waals surface area contributed by atoms with Crippen molar-refractivity contribution in [2.75, 3.05) is 0 Å². The van der Waals surface area contributed by atoms with E-state index in [1.54, 1.807) is 19.3 Å². The van der Waals surface area contributed by atoms with Crippen LogP contribution in [0.2, 0.25) is 5.15 Å². The molecule has 3 rings (SSSR count). The molecule has 18 heavy (non-hydrogen) atoms. The van der Waals surface area contributed by atoms with Crippen LogP contribution in [0.5, 0.6) is 0 Å². The normalized spacial score (nSPS) is 11.0. The van der Waals surface area contributed by atoms with Crippen LogP contribution in [-0.4, -0.2) is 29.9 Å². The fraction of sp³-hybridized carbons (Fsp3) is 0.100. The Morgan fingerprint density at radius 3 is 2.94 bits per heavy atom. The van der Waals surface area contributed by atoms with Crippen molar-refractivity contribution in [3.8, 4) is 0 Å². The van der Waals surface area contributed by atoms with E-state index in [9.17, 15) is 0 Å². The number of nitrogens with one attached hydrogen (secondary N) is 1. The molecule has 0 saturated heterocycles. The fourth-order valence-corrected chi connectivity index (χ4v) is 2.67. The largest absolute Gasteiger partial charge is 0.341 e. The number of aromatic nitrogens is 6. The van der Waals surface area contributed by atoms with E-state index in [1.807, 2.05) is 0 Å². The Morgan fingerprint density at radius 2 is 2.11 bits per heavy atom. The second-order valence-corrected chi connectivity index (χ2v) is 4.85. The molecule has 3 aromatic heterocycles. The van der Waals surface area contributed by atoms with E-state index in [-0.39, 0.29) is 0 Å². The third-order valence-corrected chi connectivity index (χ3v) is 3.29. The maximum atomic E-state index is 5.90. The van der Waals surface area contributed by atoms with Gasteiger partial charge in [0.05, 0.1) is 6.33 Å². The molecule has 0 amide bonds. The Hall–Kier alpha value is -1.73. The quantitative estimate of drug-likeness (QED) is 0.724. The number of hydrogen-bond donors (Lipinski definition) is 1. The lowest BCUT2D eigenvalue weighted by molar-refractivity contribution is 0.964. The predicted octanol–water partition coefficient (Wildman–Crippen LogP) is 2.26. The molecule has 3 heterocycles. The summed E-state index contributed by atoms with van der Waals surface area (Å²) in [7, 11) is 0. The van der Waals surface area contributed by atoms with Gasteiger partial charge in [0.1, 0.15) is 32.9 Å². The lowest BCUT2D eigenvalue weighted by Crippen LogP contribution is -1.91. The van der Waals surface area contributed by atoms with Gasteiger partial charge in [-0.25, -0.2) is 24.9 Å². The maximum Gasteiger partial charge on any atom is 0.181 e. The maximum absolute atomic E-state index is 5.90. The van der Waals surface area contributed by atoms with Crippen LogP contribution in [0.1, 0.15) is 5.82 Å². The van der Waals surface area contributed by atoms with Crippen LogP contribution >= 0.6 is 23.4 Å². The summed E-state index contributed by atoms with van der Waals surface area (Å²) in [5.41, 5.74) is 1.42. The predicted molar refractivity (Wildman–Crippen MR) is 67.6 cm³/mol. The van der Waals surface area contributed by atoms with Crippen LogP contribution < -0.4 is 0 Å². The van der Waals surface area contributed by atoms with Crippen LogP contribution in [0.15, 0.2) is 28.8 Å². The summed E-state index contributed by atoms with van der Waals surface area (Å²) < 4.78 is 0. The van der Waals surface area contributed by atoms with Gasteiger partial charge in [-0.15, -0.1) is 0 Å². The van der Waals surface area contributed by atoms with Crippen molar-refractivity contribution in [2.45, 2.75) is 17.0 Å².